The molecule has 0 aliphatic carbocycles. The summed E-state index contributed by atoms with van der Waals surface area (Å²) in [5.41, 5.74) is 1.86. The van der Waals surface area contributed by atoms with Crippen molar-refractivity contribution in [2.75, 3.05) is 6.61 Å². The first-order valence-electron chi connectivity index (χ1n) is 8.20. The SMILES string of the molecule is CC1CC(C(=O)NCc2cccc(-c3nc(C(=O)O)cs3)c2)CCO1. The Bertz CT molecular complexity index is 774. The van der Waals surface area contributed by atoms with E-state index >= 15 is 0 Å². The number of hydrogen-bond acceptors (Lipinski definition) is 5. The highest BCUT2D eigenvalue weighted by molar-refractivity contribution is 7.13. The molecule has 25 heavy (non-hydrogen) atoms. The van der Waals surface area contributed by atoms with Gasteiger partial charge in [0.05, 0.1) is 6.10 Å². The predicted molar refractivity (Wildman–Crippen MR) is 94.5 cm³/mol. The van der Waals surface area contributed by atoms with Gasteiger partial charge in [-0.1, -0.05) is 18.2 Å². The Labute approximate surface area is 149 Å². The number of benzene rings is 1. The van der Waals surface area contributed by atoms with E-state index < -0.39 is 5.97 Å². The summed E-state index contributed by atoms with van der Waals surface area (Å²) in [6.45, 7) is 3.06. The van der Waals surface area contributed by atoms with Gasteiger partial charge in [-0.25, -0.2) is 9.78 Å². The normalized spacial score (nSPS) is 20.2. The lowest BCUT2D eigenvalue weighted by atomic mass is 9.95. The molecule has 1 aliphatic heterocycles. The van der Waals surface area contributed by atoms with Crippen LogP contribution in [-0.2, 0) is 16.1 Å². The fraction of sp³-hybridized carbons (Fsp3) is 0.389. The molecule has 1 aliphatic rings. The van der Waals surface area contributed by atoms with E-state index in [9.17, 15) is 9.59 Å². The molecule has 1 aromatic heterocycles. The molecule has 7 heteroatoms. The van der Waals surface area contributed by atoms with Crippen LogP contribution in [0.3, 0.4) is 0 Å². The molecule has 2 N–H and O–H groups in total. The van der Waals surface area contributed by atoms with Gasteiger partial charge >= 0.3 is 5.97 Å². The molecule has 3 rings (SSSR count). The van der Waals surface area contributed by atoms with Crippen LogP contribution in [0, 0.1) is 5.92 Å². The summed E-state index contributed by atoms with van der Waals surface area (Å²) in [5.74, 6) is -0.969. The Kier molecular flexibility index (Phi) is 5.45. The summed E-state index contributed by atoms with van der Waals surface area (Å²) < 4.78 is 5.48. The van der Waals surface area contributed by atoms with E-state index in [0.29, 0.717) is 18.2 Å². The number of aromatic carboxylic acids is 1. The molecule has 1 fully saturated rings. The van der Waals surface area contributed by atoms with Crippen molar-refractivity contribution in [1.29, 1.82) is 0 Å². The fourth-order valence-corrected chi connectivity index (χ4v) is 3.68. The zero-order valence-electron chi connectivity index (χ0n) is 13.9. The quantitative estimate of drug-likeness (QED) is 0.856. The summed E-state index contributed by atoms with van der Waals surface area (Å²) in [6, 6.07) is 7.63. The number of rotatable bonds is 5. The monoisotopic (exact) mass is 360 g/mol. The Morgan fingerprint density at radius 2 is 2.28 bits per heavy atom. The van der Waals surface area contributed by atoms with Crippen molar-refractivity contribution in [2.45, 2.75) is 32.4 Å². The van der Waals surface area contributed by atoms with E-state index in [-0.39, 0.29) is 23.6 Å². The van der Waals surface area contributed by atoms with Gasteiger partial charge in [-0.3, -0.25) is 4.79 Å². The second-order valence-electron chi connectivity index (χ2n) is 6.16. The number of carbonyl (C=O) groups excluding carboxylic acids is 1. The second kappa shape index (κ2) is 7.76. The molecule has 6 nitrogen and oxygen atoms in total. The van der Waals surface area contributed by atoms with Gasteiger partial charge < -0.3 is 15.2 Å². The molecule has 0 spiro atoms. The van der Waals surface area contributed by atoms with Gasteiger partial charge in [0, 0.05) is 30.0 Å². The number of nitrogens with one attached hydrogen (secondary N) is 1. The largest absolute Gasteiger partial charge is 0.476 e. The standard InChI is InChI=1S/C18H20N2O4S/c1-11-7-13(5-6-24-11)16(21)19-9-12-3-2-4-14(8-12)17-20-15(10-25-17)18(22)23/h2-4,8,10-11,13H,5-7,9H2,1H3,(H,19,21)(H,22,23). The zero-order valence-corrected chi connectivity index (χ0v) is 14.7. The number of carbonyl (C=O) groups is 2. The Hall–Kier alpha value is -2.25. The maximum atomic E-state index is 12.3. The number of ether oxygens (including phenoxy) is 1. The lowest BCUT2D eigenvalue weighted by Crippen LogP contribution is -2.36. The zero-order chi connectivity index (χ0) is 17.8. The summed E-state index contributed by atoms with van der Waals surface area (Å²) >= 11 is 1.29. The third-order valence-corrected chi connectivity index (χ3v) is 5.11. The number of thiazole rings is 1. The van der Waals surface area contributed by atoms with Crippen LogP contribution >= 0.6 is 11.3 Å². The van der Waals surface area contributed by atoms with E-state index in [4.69, 9.17) is 9.84 Å². The Morgan fingerprint density at radius 1 is 1.44 bits per heavy atom. The fourth-order valence-electron chi connectivity index (χ4n) is 2.89. The van der Waals surface area contributed by atoms with Gasteiger partial charge in [0.2, 0.25) is 5.91 Å². The van der Waals surface area contributed by atoms with Crippen LogP contribution in [0.2, 0.25) is 0 Å². The minimum Gasteiger partial charge on any atom is -0.476 e. The number of hydrogen-bond donors (Lipinski definition) is 2. The summed E-state index contributed by atoms with van der Waals surface area (Å²) in [6.07, 6.45) is 1.64. The van der Waals surface area contributed by atoms with E-state index in [0.717, 1.165) is 24.0 Å². The van der Waals surface area contributed by atoms with Crippen molar-refractivity contribution in [3.63, 3.8) is 0 Å². The lowest BCUT2D eigenvalue weighted by molar-refractivity contribution is -0.129. The molecular weight excluding hydrogens is 340 g/mol. The molecule has 2 heterocycles. The van der Waals surface area contributed by atoms with Crippen molar-refractivity contribution in [1.82, 2.24) is 10.3 Å². The molecule has 132 valence electrons. The molecule has 2 aromatic rings. The van der Waals surface area contributed by atoms with Crippen molar-refractivity contribution in [3.8, 4) is 10.6 Å². The maximum absolute atomic E-state index is 12.3. The molecule has 0 bridgehead atoms. The topological polar surface area (TPSA) is 88.5 Å². The second-order valence-corrected chi connectivity index (χ2v) is 7.02. The van der Waals surface area contributed by atoms with Gasteiger partial charge in [-0.05, 0) is 31.4 Å². The molecular formula is C18H20N2O4S. The minimum absolute atomic E-state index is 0.00372. The van der Waals surface area contributed by atoms with E-state index in [1.54, 1.807) is 0 Å². The van der Waals surface area contributed by atoms with Crippen LogP contribution < -0.4 is 5.32 Å². The predicted octanol–water partition coefficient (Wildman–Crippen LogP) is 2.94. The average Bonchev–Trinajstić information content (AvgIpc) is 3.10. The van der Waals surface area contributed by atoms with E-state index in [1.807, 2.05) is 31.2 Å². The first-order chi connectivity index (χ1) is 12.0. The summed E-state index contributed by atoms with van der Waals surface area (Å²) in [4.78, 5) is 27.4. The van der Waals surface area contributed by atoms with Crippen molar-refractivity contribution in [3.05, 3.63) is 40.9 Å². The lowest BCUT2D eigenvalue weighted by Gasteiger charge is -2.26. The van der Waals surface area contributed by atoms with Crippen LogP contribution in [0.4, 0.5) is 0 Å². The Morgan fingerprint density at radius 3 is 3.00 bits per heavy atom. The van der Waals surface area contributed by atoms with Crippen LogP contribution in [0.15, 0.2) is 29.6 Å². The summed E-state index contributed by atoms with van der Waals surface area (Å²) in [5, 5.41) is 14.1. The number of carboxylic acid groups (broad SMARTS) is 1. The van der Waals surface area contributed by atoms with Crippen LogP contribution in [-0.4, -0.2) is 34.7 Å². The third-order valence-electron chi connectivity index (χ3n) is 4.22. The van der Waals surface area contributed by atoms with Gasteiger partial charge in [0.15, 0.2) is 5.69 Å². The average molecular weight is 360 g/mol. The summed E-state index contributed by atoms with van der Waals surface area (Å²) in [7, 11) is 0. The van der Waals surface area contributed by atoms with Crippen LogP contribution in [0.5, 0.6) is 0 Å². The first-order valence-corrected chi connectivity index (χ1v) is 9.08. The highest BCUT2D eigenvalue weighted by atomic mass is 32.1. The number of aromatic nitrogens is 1. The number of nitrogens with zero attached hydrogens (tertiary/aromatic N) is 1. The van der Waals surface area contributed by atoms with Crippen molar-refractivity contribution in [2.24, 2.45) is 5.92 Å². The van der Waals surface area contributed by atoms with Gasteiger partial charge in [-0.15, -0.1) is 11.3 Å². The molecule has 2 atom stereocenters. The first kappa shape index (κ1) is 17.6. The number of carboxylic acids is 1. The van der Waals surface area contributed by atoms with Gasteiger partial charge in [-0.2, -0.15) is 0 Å². The highest BCUT2D eigenvalue weighted by Crippen LogP contribution is 2.25. The maximum Gasteiger partial charge on any atom is 0.355 e. The van der Waals surface area contributed by atoms with Gasteiger partial charge in [0.1, 0.15) is 5.01 Å². The molecule has 1 aromatic carbocycles. The van der Waals surface area contributed by atoms with E-state index in [2.05, 4.69) is 10.3 Å². The molecule has 2 unspecified atom stereocenters. The Balaban J connectivity index is 1.63. The van der Waals surface area contributed by atoms with Crippen LogP contribution in [0.1, 0.15) is 35.8 Å². The minimum atomic E-state index is -1.03. The van der Waals surface area contributed by atoms with Crippen molar-refractivity contribution < 1.29 is 19.4 Å². The van der Waals surface area contributed by atoms with E-state index in [1.165, 1.54) is 16.7 Å². The highest BCUT2D eigenvalue weighted by Gasteiger charge is 2.25. The van der Waals surface area contributed by atoms with Gasteiger partial charge in [0.25, 0.3) is 0 Å². The smallest absolute Gasteiger partial charge is 0.355 e. The van der Waals surface area contributed by atoms with Crippen LogP contribution in [0.25, 0.3) is 10.6 Å². The molecule has 0 radical (unpaired) electrons. The third kappa shape index (κ3) is 4.43. The van der Waals surface area contributed by atoms with Crippen molar-refractivity contribution >= 4 is 23.2 Å². The molecule has 1 saturated heterocycles. The number of amides is 1. The molecule has 0 saturated carbocycles. The molecule has 1 amide bonds.